The van der Waals surface area contributed by atoms with Crippen molar-refractivity contribution in [2.75, 3.05) is 41.7 Å². The number of fused-ring (bicyclic) bond motifs is 3. The van der Waals surface area contributed by atoms with Crippen LogP contribution in [0.3, 0.4) is 0 Å². The van der Waals surface area contributed by atoms with Gasteiger partial charge >= 0.3 is 18.0 Å². The Morgan fingerprint density at radius 3 is 1.51 bits per heavy atom. The maximum absolute atomic E-state index is 13.9. The molecular weight excluding hydrogens is 887 g/mol. The minimum atomic E-state index is -1.45. The van der Waals surface area contributed by atoms with Crippen molar-refractivity contribution >= 4 is 18.0 Å². The molecule has 1 heterocycles. The third-order valence-corrected chi connectivity index (χ3v) is 11.7. The van der Waals surface area contributed by atoms with E-state index in [1.165, 1.54) is 7.11 Å². The lowest BCUT2D eigenvalue weighted by molar-refractivity contribution is -0.322. The lowest BCUT2D eigenvalue weighted by Gasteiger charge is -2.45. The van der Waals surface area contributed by atoms with Crippen molar-refractivity contribution in [1.82, 2.24) is 5.32 Å². The van der Waals surface area contributed by atoms with Gasteiger partial charge in [-0.3, -0.25) is 4.79 Å². The second-order valence-electron chi connectivity index (χ2n) is 17.6. The molecule has 0 unspecified atom stereocenters. The van der Waals surface area contributed by atoms with E-state index in [-0.39, 0.29) is 39.0 Å². The minimum absolute atomic E-state index is 0.00451. The number of ether oxygens (including phenoxy) is 11. The van der Waals surface area contributed by atoms with Crippen molar-refractivity contribution in [2.45, 2.75) is 95.3 Å². The summed E-state index contributed by atoms with van der Waals surface area (Å²) in [6.07, 6.45) is -6.08. The highest BCUT2D eigenvalue weighted by atomic mass is 16.7. The normalized spacial score (nSPS) is 19.1. The highest BCUT2D eigenvalue weighted by molar-refractivity contribution is 5.86. The fraction of sp³-hybridized carbons (Fsp3) is 0.389. The zero-order chi connectivity index (χ0) is 48.9. The Hall–Kier alpha value is -6.49. The molecule has 5 aromatic carbocycles. The lowest BCUT2D eigenvalue weighted by Crippen LogP contribution is -2.61. The number of carbonyl (C=O) groups excluding carboxylic acids is 3. The van der Waals surface area contributed by atoms with E-state index in [0.717, 1.165) is 38.9 Å². The fourth-order valence-electron chi connectivity index (χ4n) is 8.26. The van der Waals surface area contributed by atoms with Crippen molar-refractivity contribution in [2.24, 2.45) is 0 Å². The van der Waals surface area contributed by atoms with Crippen LogP contribution in [0.1, 0.15) is 60.9 Å². The molecule has 1 saturated heterocycles. The van der Waals surface area contributed by atoms with E-state index in [1.807, 2.05) is 121 Å². The first kappa shape index (κ1) is 50.4. The van der Waals surface area contributed by atoms with Crippen LogP contribution in [0, 0.1) is 0 Å². The first-order valence-corrected chi connectivity index (χ1v) is 22.8. The number of alkyl carbamates (subject to hydrolysis) is 1. The Morgan fingerprint density at radius 2 is 1.04 bits per heavy atom. The third kappa shape index (κ3) is 13.4. The monoisotopic (exact) mass is 947 g/mol. The standard InChI is InChI=1S/C54H61NO14/c1-54(2,3)69-51(57)45(55-53(58)67-32-44-42-14-10-8-12-40(42)41-13-9-11-15-43(41)44)28-47(56)63-33-46-48(64-29-34-16-22-37(59-4)23-17-34)49(65-30-35-18-24-38(60-5)25-19-35)50(52(62-7)68-46)66-31-36-20-26-39(61-6)27-21-36/h8-27,44-46,48-50,52H,28-33H2,1-7H3,(H,55,58)/t45-,46+,48+,49-,50-,52-/m0/s1. The molecule has 0 bridgehead atoms. The van der Waals surface area contributed by atoms with Crippen LogP contribution in [-0.4, -0.2) is 102 Å². The second kappa shape index (κ2) is 23.7. The van der Waals surface area contributed by atoms with Crippen LogP contribution < -0.4 is 19.5 Å². The molecular formula is C54H61NO14. The average Bonchev–Trinajstić information content (AvgIpc) is 3.68. The fourth-order valence-corrected chi connectivity index (χ4v) is 8.26. The van der Waals surface area contributed by atoms with Gasteiger partial charge in [0.05, 0.1) is 47.6 Å². The van der Waals surface area contributed by atoms with Crippen LogP contribution in [0.5, 0.6) is 17.2 Å². The van der Waals surface area contributed by atoms with Crippen LogP contribution >= 0.6 is 0 Å². The summed E-state index contributed by atoms with van der Waals surface area (Å²) >= 11 is 0. The largest absolute Gasteiger partial charge is 0.497 e. The highest BCUT2D eigenvalue weighted by Gasteiger charge is 2.49. The van der Waals surface area contributed by atoms with Crippen LogP contribution in [0.25, 0.3) is 11.1 Å². The number of methoxy groups -OCH3 is 4. The average molecular weight is 948 g/mol. The van der Waals surface area contributed by atoms with E-state index >= 15 is 0 Å². The number of hydrogen-bond donors (Lipinski definition) is 1. The van der Waals surface area contributed by atoms with Gasteiger partial charge in [-0.15, -0.1) is 0 Å². The molecule has 69 heavy (non-hydrogen) atoms. The Morgan fingerprint density at radius 1 is 0.580 bits per heavy atom. The Bertz CT molecular complexity index is 2410. The Labute approximate surface area is 403 Å². The first-order valence-electron chi connectivity index (χ1n) is 22.8. The van der Waals surface area contributed by atoms with Gasteiger partial charge in [-0.2, -0.15) is 0 Å². The number of benzene rings is 5. The lowest BCUT2D eigenvalue weighted by atomic mass is 9.97. The number of amides is 1. The summed E-state index contributed by atoms with van der Waals surface area (Å²) in [5.74, 6) is 0.171. The molecule has 366 valence electrons. The molecule has 7 rings (SSSR count). The van der Waals surface area contributed by atoms with Gasteiger partial charge < -0.3 is 57.4 Å². The first-order chi connectivity index (χ1) is 33.4. The van der Waals surface area contributed by atoms with E-state index in [9.17, 15) is 14.4 Å². The summed E-state index contributed by atoms with van der Waals surface area (Å²) in [4.78, 5) is 40.9. The zero-order valence-electron chi connectivity index (χ0n) is 40.0. The van der Waals surface area contributed by atoms with Crippen LogP contribution in [0.2, 0.25) is 0 Å². The van der Waals surface area contributed by atoms with Gasteiger partial charge in [-0.1, -0.05) is 84.9 Å². The van der Waals surface area contributed by atoms with Crippen molar-refractivity contribution in [3.63, 3.8) is 0 Å². The van der Waals surface area contributed by atoms with Gasteiger partial charge in [0.25, 0.3) is 0 Å². The summed E-state index contributed by atoms with van der Waals surface area (Å²) < 4.78 is 65.7. The molecule has 1 fully saturated rings. The molecule has 5 aromatic rings. The van der Waals surface area contributed by atoms with Crippen molar-refractivity contribution in [1.29, 1.82) is 0 Å². The van der Waals surface area contributed by atoms with Crippen molar-refractivity contribution in [3.05, 3.63) is 149 Å². The summed E-state index contributed by atoms with van der Waals surface area (Å²) in [7, 11) is 6.27. The van der Waals surface area contributed by atoms with Gasteiger partial charge in [0.2, 0.25) is 0 Å². The molecule has 0 radical (unpaired) electrons. The molecule has 0 spiro atoms. The number of hydrogen-bond acceptors (Lipinski definition) is 14. The maximum Gasteiger partial charge on any atom is 0.407 e. The number of rotatable bonds is 21. The molecule has 2 aliphatic rings. The molecule has 0 saturated carbocycles. The highest BCUT2D eigenvalue weighted by Crippen LogP contribution is 2.44. The van der Waals surface area contributed by atoms with Gasteiger partial charge in [-0.25, -0.2) is 9.59 Å². The maximum atomic E-state index is 13.9. The summed E-state index contributed by atoms with van der Waals surface area (Å²) in [5, 5.41) is 2.57. The molecule has 1 N–H and O–H groups in total. The Kier molecular flexibility index (Phi) is 17.3. The third-order valence-electron chi connectivity index (χ3n) is 11.7. The smallest absolute Gasteiger partial charge is 0.407 e. The molecule has 15 nitrogen and oxygen atoms in total. The molecule has 15 heteroatoms. The Balaban J connectivity index is 1.09. The summed E-state index contributed by atoms with van der Waals surface area (Å²) in [5.41, 5.74) is 5.77. The predicted octanol–water partition coefficient (Wildman–Crippen LogP) is 8.32. The minimum Gasteiger partial charge on any atom is -0.497 e. The van der Waals surface area contributed by atoms with Gasteiger partial charge in [-0.05, 0) is 96.1 Å². The van der Waals surface area contributed by atoms with E-state index in [1.54, 1.807) is 42.1 Å². The number of carbonyl (C=O) groups is 3. The van der Waals surface area contributed by atoms with Gasteiger partial charge in [0, 0.05) is 13.0 Å². The topological polar surface area (TPSA) is 165 Å². The van der Waals surface area contributed by atoms with Crippen LogP contribution in [0.15, 0.2) is 121 Å². The number of esters is 2. The van der Waals surface area contributed by atoms with Crippen LogP contribution in [0.4, 0.5) is 4.79 Å². The molecule has 0 aromatic heterocycles. The molecule has 6 atom stereocenters. The summed E-state index contributed by atoms with van der Waals surface area (Å²) in [6, 6.07) is 36.8. The van der Waals surface area contributed by atoms with Gasteiger partial charge in [0.1, 0.15) is 66.5 Å². The van der Waals surface area contributed by atoms with Crippen LogP contribution in [-0.2, 0) is 67.3 Å². The second-order valence-corrected chi connectivity index (χ2v) is 17.6. The van der Waals surface area contributed by atoms with Crippen molar-refractivity contribution in [3.8, 4) is 28.4 Å². The van der Waals surface area contributed by atoms with E-state index < -0.39 is 66.8 Å². The predicted molar refractivity (Wildman–Crippen MR) is 254 cm³/mol. The SMILES string of the molecule is COc1ccc(CO[C@@H]2[C@H](OCc3ccc(OC)cc3)[C@@H](OC)O[C@H](COC(=O)C[C@H](NC(=O)OCC3c4ccccc4-c4ccccc43)C(=O)OC(C)(C)C)[C@H]2OCc2ccc(OC)cc2)cc1. The molecule has 1 amide bonds. The van der Waals surface area contributed by atoms with E-state index in [2.05, 4.69) is 5.32 Å². The zero-order valence-corrected chi connectivity index (χ0v) is 40.0. The molecule has 1 aliphatic heterocycles. The van der Waals surface area contributed by atoms with Crippen molar-refractivity contribution < 1.29 is 66.5 Å². The quantitative estimate of drug-likeness (QED) is 0.0552. The van der Waals surface area contributed by atoms with E-state index in [0.29, 0.717) is 17.2 Å². The summed E-state index contributed by atoms with van der Waals surface area (Å²) in [6.45, 7) is 5.11. The number of nitrogens with one attached hydrogen (secondary N) is 1. The van der Waals surface area contributed by atoms with Gasteiger partial charge in [0.15, 0.2) is 6.29 Å². The molecule has 1 aliphatic carbocycles. The van der Waals surface area contributed by atoms with E-state index in [4.69, 9.17) is 52.1 Å².